The Kier molecular flexibility index (Phi) is 25.3. The van der Waals surface area contributed by atoms with E-state index < -0.39 is 253 Å². The topological polar surface area (TPSA) is 541 Å². The molecule has 6 fully saturated rings. The van der Waals surface area contributed by atoms with Crippen molar-refractivity contribution in [2.75, 3.05) is 39.6 Å². The number of ether oxygens (including phenoxy) is 12. The first-order valence-corrected chi connectivity index (χ1v) is 28.0. The van der Waals surface area contributed by atoms with Crippen LogP contribution in [-0.4, -0.2) is 332 Å². The molecule has 0 radical (unpaired) electrons. The van der Waals surface area contributed by atoms with Crippen LogP contribution >= 0.6 is 0 Å². The van der Waals surface area contributed by atoms with E-state index in [4.69, 9.17) is 56.8 Å². The highest BCUT2D eigenvalue weighted by Crippen LogP contribution is 2.40. The minimum Gasteiger partial charge on any atom is -0.477 e. The molecule has 0 aromatic heterocycles. The third-order valence-corrected chi connectivity index (χ3v) is 16.4. The number of rotatable bonds is 25. The standard InChI is InChI=1S/C52H83NO33/c1-18-22(60)9-30(81-41(18)32(64)24(62)11-54)82-45-34(66)26(13-56)78-50(39(45)71)84-44-31(53-20(3)59)47(80-29(36(44)68)17-76-52(51(73)74)10-23(61)19(2)42(86-52)33(65)25(63)12-55)85-46-35(67)27(14-57)77-49(40(46)72)83-43-28(15-58)79-48(38(70)37(43)69)75-16-21-7-5-4-6-8-21/h4-8,18-19,22-50,54-58,60-72H,9-17H2,1-3H3,(H,53,59)(H,73,74)/t18-,19-,22-,23-,24-,25-,26?,27?,28?,29?,30?,31?,32-,33-,34+,35+,36-,37-,38?,39?,40?,41?,42?,43-,44-,45+,46+,47+,48-,49+,50+,52-/m1/s1. The Morgan fingerprint density at radius 1 is 0.581 bits per heavy atom. The summed E-state index contributed by atoms with van der Waals surface area (Å²) in [4.78, 5) is 26.4. The van der Waals surface area contributed by atoms with Crippen molar-refractivity contribution >= 4 is 11.9 Å². The average molecular weight is 1250 g/mol. The molecule has 34 nitrogen and oxygen atoms in total. The first-order valence-electron chi connectivity index (χ1n) is 28.0. The molecule has 0 saturated carbocycles. The number of carboxylic acids is 1. The fourth-order valence-electron chi connectivity index (χ4n) is 11.2. The van der Waals surface area contributed by atoms with Gasteiger partial charge in [-0.25, -0.2) is 4.79 Å². The molecule has 494 valence electrons. The SMILES string of the molecule is CC(=O)NC1[C@H](O[C@@H]2C(O)[C@H](O[C@@H]3C(CO)O[C@@H](OCc4ccccc4)C(O)[C@H]3O)OC(CO)[C@@H]2O)OC(CO[C@]2(C(=O)O)C[C@@H](O)[C@@H](C)C([C@H](O)[C@H](O)CO)O2)[C@@H](O)[C@@H]1O[C@@H]1OC(CO)[C@H](O)[C@H](OC2C[C@@H](O)[C@@H](C)C([C@H](O)[C@H](O)CO)O2)C1O. The monoisotopic (exact) mass is 1250 g/mol. The summed E-state index contributed by atoms with van der Waals surface area (Å²) in [7, 11) is 0. The van der Waals surface area contributed by atoms with Gasteiger partial charge in [0.25, 0.3) is 5.79 Å². The highest BCUT2D eigenvalue weighted by Gasteiger charge is 2.59. The number of aliphatic hydroxyl groups excluding tert-OH is 18. The summed E-state index contributed by atoms with van der Waals surface area (Å²) in [6, 6.07) is 6.65. The predicted molar refractivity (Wildman–Crippen MR) is 274 cm³/mol. The number of carbonyl (C=O) groups is 2. The lowest BCUT2D eigenvalue weighted by Crippen LogP contribution is -2.70. The van der Waals surface area contributed by atoms with Crippen LogP contribution in [0.5, 0.6) is 0 Å². The van der Waals surface area contributed by atoms with Crippen molar-refractivity contribution < 1.29 is 163 Å². The molecule has 6 aliphatic heterocycles. The maximum absolute atomic E-state index is 13.2. The Morgan fingerprint density at radius 3 is 1.63 bits per heavy atom. The Labute approximate surface area is 491 Å². The molecule has 0 bridgehead atoms. The minimum atomic E-state index is -2.97. The largest absolute Gasteiger partial charge is 0.477 e. The maximum atomic E-state index is 13.2. The van der Waals surface area contributed by atoms with Gasteiger partial charge in [0.15, 0.2) is 31.5 Å². The van der Waals surface area contributed by atoms with Crippen LogP contribution in [-0.2, 0) is 73.0 Å². The van der Waals surface area contributed by atoms with Crippen LogP contribution in [0, 0.1) is 11.8 Å². The summed E-state index contributed by atoms with van der Waals surface area (Å²) in [5.74, 6) is -7.87. The van der Waals surface area contributed by atoms with Gasteiger partial charge in [-0.05, 0) is 5.56 Å². The van der Waals surface area contributed by atoms with Crippen molar-refractivity contribution in [3.8, 4) is 0 Å². The molecule has 86 heavy (non-hydrogen) atoms. The highest BCUT2D eigenvalue weighted by molar-refractivity contribution is 5.76. The molecule has 6 heterocycles. The number of carbonyl (C=O) groups excluding carboxylic acids is 1. The predicted octanol–water partition coefficient (Wildman–Crippen LogP) is -10.2. The number of hydrogen-bond donors (Lipinski definition) is 20. The van der Waals surface area contributed by atoms with E-state index in [1.807, 2.05) is 0 Å². The molecule has 0 aliphatic carbocycles. The van der Waals surface area contributed by atoms with E-state index in [2.05, 4.69) is 5.32 Å². The van der Waals surface area contributed by atoms with Crippen molar-refractivity contribution in [3.05, 3.63) is 35.9 Å². The molecule has 6 aliphatic rings. The van der Waals surface area contributed by atoms with Gasteiger partial charge in [0.2, 0.25) is 5.91 Å². The van der Waals surface area contributed by atoms with Crippen LogP contribution < -0.4 is 5.32 Å². The third kappa shape index (κ3) is 15.6. The zero-order valence-electron chi connectivity index (χ0n) is 46.9. The Hall–Kier alpha value is -3.04. The van der Waals surface area contributed by atoms with Gasteiger partial charge in [-0.15, -0.1) is 0 Å². The molecule has 32 atom stereocenters. The second kappa shape index (κ2) is 30.9. The van der Waals surface area contributed by atoms with E-state index >= 15 is 0 Å². The van der Waals surface area contributed by atoms with Crippen molar-refractivity contribution in [1.29, 1.82) is 0 Å². The van der Waals surface area contributed by atoms with Gasteiger partial charge >= 0.3 is 5.97 Å². The summed E-state index contributed by atoms with van der Waals surface area (Å²) in [6.45, 7) is -2.48. The number of amides is 1. The van der Waals surface area contributed by atoms with Crippen molar-refractivity contribution in [3.63, 3.8) is 0 Å². The number of hydrogen-bond acceptors (Lipinski definition) is 32. The molecule has 7 rings (SSSR count). The van der Waals surface area contributed by atoms with E-state index in [0.29, 0.717) is 5.56 Å². The summed E-state index contributed by atoms with van der Waals surface area (Å²) >= 11 is 0. The first kappa shape index (κ1) is 70.4. The summed E-state index contributed by atoms with van der Waals surface area (Å²) in [5.41, 5.74) is 0.651. The van der Waals surface area contributed by atoms with Gasteiger partial charge in [0.1, 0.15) is 122 Å². The number of aliphatic carboxylic acids is 1. The number of benzene rings is 1. The molecular weight excluding hydrogens is 1170 g/mol. The minimum absolute atomic E-state index is 0.113. The van der Waals surface area contributed by atoms with Gasteiger partial charge in [0, 0.05) is 31.6 Å². The fraction of sp³-hybridized carbons (Fsp3) is 0.846. The lowest BCUT2D eigenvalue weighted by molar-refractivity contribution is -0.387. The zero-order valence-corrected chi connectivity index (χ0v) is 46.9. The smallest absolute Gasteiger partial charge is 0.364 e. The second-order valence-electron chi connectivity index (χ2n) is 22.3. The van der Waals surface area contributed by atoms with E-state index in [0.717, 1.165) is 6.92 Å². The summed E-state index contributed by atoms with van der Waals surface area (Å²) in [6.07, 6.45) is -54.3. The van der Waals surface area contributed by atoms with E-state index in [-0.39, 0.29) is 13.0 Å². The second-order valence-corrected chi connectivity index (χ2v) is 22.3. The van der Waals surface area contributed by atoms with Gasteiger partial charge in [-0.1, -0.05) is 44.2 Å². The molecule has 20 N–H and O–H groups in total. The van der Waals surface area contributed by atoms with E-state index in [1.54, 1.807) is 30.3 Å². The molecule has 11 unspecified atom stereocenters. The number of aliphatic hydroxyl groups is 18. The van der Waals surface area contributed by atoms with Crippen LogP contribution in [0.1, 0.15) is 39.2 Å². The summed E-state index contributed by atoms with van der Waals surface area (Å²) in [5, 5.41) is 210. The van der Waals surface area contributed by atoms with Crippen molar-refractivity contribution in [1.82, 2.24) is 5.32 Å². The van der Waals surface area contributed by atoms with E-state index in [9.17, 15) is 107 Å². The Bertz CT molecular complexity index is 2250. The van der Waals surface area contributed by atoms with Gasteiger partial charge < -0.3 is 159 Å². The van der Waals surface area contributed by atoms with E-state index in [1.165, 1.54) is 13.8 Å². The Balaban J connectivity index is 1.21. The molecule has 1 aromatic rings. The van der Waals surface area contributed by atoms with Crippen LogP contribution in [0.15, 0.2) is 30.3 Å². The third-order valence-electron chi connectivity index (χ3n) is 16.4. The van der Waals surface area contributed by atoms with Crippen LogP contribution in [0.3, 0.4) is 0 Å². The molecule has 34 heteroatoms. The molecule has 1 amide bonds. The molecule has 6 saturated heterocycles. The van der Waals surface area contributed by atoms with Crippen molar-refractivity contribution in [2.24, 2.45) is 11.8 Å². The first-order chi connectivity index (χ1) is 40.7. The van der Waals surface area contributed by atoms with Gasteiger partial charge in [-0.2, -0.15) is 0 Å². The van der Waals surface area contributed by atoms with Crippen LogP contribution in [0.2, 0.25) is 0 Å². The van der Waals surface area contributed by atoms with Crippen LogP contribution in [0.25, 0.3) is 0 Å². The Morgan fingerprint density at radius 2 is 1.08 bits per heavy atom. The van der Waals surface area contributed by atoms with Gasteiger partial charge in [-0.3, -0.25) is 4.79 Å². The zero-order chi connectivity index (χ0) is 63.2. The number of carboxylic acid groups (broad SMARTS) is 1. The van der Waals surface area contributed by atoms with Crippen molar-refractivity contribution in [2.45, 2.75) is 224 Å². The molecule has 0 spiro atoms. The fourth-order valence-corrected chi connectivity index (χ4v) is 11.2. The lowest BCUT2D eigenvalue weighted by Gasteiger charge is -2.51. The average Bonchev–Trinajstić information content (AvgIpc) is 0.964. The highest BCUT2D eigenvalue weighted by atomic mass is 16.8. The normalized spacial score (nSPS) is 44.7. The maximum Gasteiger partial charge on any atom is 0.364 e. The lowest BCUT2D eigenvalue weighted by atomic mass is 9.84. The summed E-state index contributed by atoms with van der Waals surface area (Å²) < 4.78 is 70.8. The molecular formula is C52H83NO33. The quantitative estimate of drug-likeness (QED) is 0.0432. The van der Waals surface area contributed by atoms with Crippen LogP contribution in [0.4, 0.5) is 0 Å². The molecule has 1 aromatic carbocycles. The van der Waals surface area contributed by atoms with Gasteiger partial charge in [0.05, 0.1) is 70.7 Å². The number of nitrogens with one attached hydrogen (secondary N) is 1.